The van der Waals surface area contributed by atoms with E-state index < -0.39 is 0 Å². The number of fused-ring (bicyclic) bond motifs is 2. The van der Waals surface area contributed by atoms with E-state index in [1.807, 2.05) is 6.92 Å². The van der Waals surface area contributed by atoms with E-state index in [4.69, 9.17) is 5.73 Å². The molecule has 1 heterocycles. The van der Waals surface area contributed by atoms with Crippen molar-refractivity contribution in [3.63, 3.8) is 0 Å². The minimum absolute atomic E-state index is 0.504. The van der Waals surface area contributed by atoms with Gasteiger partial charge in [0.05, 0.1) is 0 Å². The highest BCUT2D eigenvalue weighted by Gasteiger charge is 2.31. The molecule has 2 atom stereocenters. The molecular formula is C11H18N2S. The van der Waals surface area contributed by atoms with E-state index in [2.05, 4.69) is 11.9 Å². The monoisotopic (exact) mass is 210 g/mol. The maximum absolute atomic E-state index is 6.09. The van der Waals surface area contributed by atoms with E-state index in [1.165, 1.54) is 17.7 Å². The predicted octanol–water partition coefficient (Wildman–Crippen LogP) is 2.20. The third-order valence-corrected chi connectivity index (χ3v) is 4.08. The van der Waals surface area contributed by atoms with Crippen molar-refractivity contribution < 1.29 is 0 Å². The van der Waals surface area contributed by atoms with Crippen molar-refractivity contribution >= 4 is 11.8 Å². The second-order valence-electron chi connectivity index (χ2n) is 4.29. The normalized spacial score (nSPS) is 31.8. The molecule has 1 aliphatic heterocycles. The highest BCUT2D eigenvalue weighted by Crippen LogP contribution is 2.38. The van der Waals surface area contributed by atoms with Gasteiger partial charge in [-0.15, -0.1) is 0 Å². The number of allylic oxidation sites excluding steroid dienone is 2. The average molecular weight is 210 g/mol. The number of nitrogens with two attached hydrogens (primary N) is 1. The molecule has 2 rings (SSSR count). The van der Waals surface area contributed by atoms with Gasteiger partial charge in [-0.2, -0.15) is 0 Å². The van der Waals surface area contributed by atoms with Gasteiger partial charge < -0.3 is 11.1 Å². The van der Waals surface area contributed by atoms with Gasteiger partial charge >= 0.3 is 0 Å². The molecule has 2 nitrogen and oxygen atoms in total. The molecule has 0 aromatic carbocycles. The molecule has 1 saturated heterocycles. The first-order valence-corrected chi connectivity index (χ1v) is 6.03. The molecule has 0 radical (unpaired) electrons. The van der Waals surface area contributed by atoms with E-state index >= 15 is 0 Å². The summed E-state index contributed by atoms with van der Waals surface area (Å²) in [4.78, 5) is 2.47. The summed E-state index contributed by atoms with van der Waals surface area (Å²) in [6.07, 6.45) is 3.57. The molecule has 14 heavy (non-hydrogen) atoms. The summed E-state index contributed by atoms with van der Waals surface area (Å²) >= 11 is 1.75. The van der Waals surface area contributed by atoms with Crippen molar-refractivity contribution in [2.45, 2.75) is 32.2 Å². The molecule has 78 valence electrons. The van der Waals surface area contributed by atoms with E-state index in [1.54, 1.807) is 11.8 Å². The summed E-state index contributed by atoms with van der Waals surface area (Å²) in [5.74, 6) is 0.835. The van der Waals surface area contributed by atoms with Crippen LogP contribution in [0.5, 0.6) is 0 Å². The van der Waals surface area contributed by atoms with Gasteiger partial charge in [0.15, 0.2) is 0 Å². The summed E-state index contributed by atoms with van der Waals surface area (Å²) in [5, 5.41) is 3.54. The second kappa shape index (κ2) is 3.99. The van der Waals surface area contributed by atoms with Gasteiger partial charge in [0.25, 0.3) is 0 Å². The lowest BCUT2D eigenvalue weighted by atomic mass is 10.0. The summed E-state index contributed by atoms with van der Waals surface area (Å²) in [7, 11) is 0. The Morgan fingerprint density at radius 2 is 2.43 bits per heavy atom. The van der Waals surface area contributed by atoms with E-state index in [0.717, 1.165) is 29.5 Å². The first kappa shape index (κ1) is 10.1. The zero-order valence-electron chi connectivity index (χ0n) is 8.68. The molecule has 2 aliphatic rings. The predicted molar refractivity (Wildman–Crippen MR) is 62.8 cm³/mol. The van der Waals surface area contributed by atoms with E-state index in [-0.39, 0.29) is 0 Å². The van der Waals surface area contributed by atoms with Gasteiger partial charge in [-0.3, -0.25) is 0 Å². The van der Waals surface area contributed by atoms with Gasteiger partial charge in [-0.25, -0.2) is 0 Å². The van der Waals surface area contributed by atoms with Crippen molar-refractivity contribution in [3.05, 3.63) is 22.1 Å². The molecule has 3 heteroatoms. The molecular weight excluding hydrogens is 192 g/mol. The number of nitrogens with one attached hydrogen (secondary N) is 1. The van der Waals surface area contributed by atoms with Crippen LogP contribution < -0.4 is 11.1 Å². The van der Waals surface area contributed by atoms with Crippen LogP contribution in [0.4, 0.5) is 0 Å². The van der Waals surface area contributed by atoms with Gasteiger partial charge in [0, 0.05) is 16.6 Å². The van der Waals surface area contributed by atoms with Gasteiger partial charge in [-0.1, -0.05) is 18.3 Å². The Hall–Kier alpha value is -0.410. The van der Waals surface area contributed by atoms with Crippen molar-refractivity contribution in [2.75, 3.05) is 6.54 Å². The average Bonchev–Trinajstić information content (AvgIpc) is 2.52. The maximum atomic E-state index is 6.09. The number of rotatable bonds is 2. The Labute approximate surface area is 90.0 Å². The van der Waals surface area contributed by atoms with Gasteiger partial charge in [0.1, 0.15) is 0 Å². The minimum Gasteiger partial charge on any atom is -0.401 e. The number of thioether (sulfide) groups is 1. The molecule has 0 aromatic heterocycles. The molecule has 2 unspecified atom stereocenters. The molecule has 0 aromatic rings. The van der Waals surface area contributed by atoms with Crippen LogP contribution in [-0.2, 0) is 0 Å². The lowest BCUT2D eigenvalue weighted by Crippen LogP contribution is -2.25. The Kier molecular flexibility index (Phi) is 2.88. The minimum atomic E-state index is 0.504. The Morgan fingerprint density at radius 3 is 3.14 bits per heavy atom. The summed E-state index contributed by atoms with van der Waals surface area (Å²) in [6, 6.07) is 0.504. The topological polar surface area (TPSA) is 38.0 Å². The van der Waals surface area contributed by atoms with Crippen LogP contribution in [0.2, 0.25) is 0 Å². The Balaban J connectivity index is 2.19. The third kappa shape index (κ3) is 1.98. The van der Waals surface area contributed by atoms with Crippen LogP contribution in [0.1, 0.15) is 26.2 Å². The Morgan fingerprint density at radius 1 is 1.64 bits per heavy atom. The van der Waals surface area contributed by atoms with Crippen molar-refractivity contribution in [1.29, 1.82) is 0 Å². The van der Waals surface area contributed by atoms with Gasteiger partial charge in [0.2, 0.25) is 0 Å². The highest BCUT2D eigenvalue weighted by atomic mass is 32.2. The zero-order chi connectivity index (χ0) is 10.1. The Bertz CT molecular complexity index is 283. The van der Waals surface area contributed by atoms with Crippen LogP contribution in [0.25, 0.3) is 0 Å². The smallest absolute Gasteiger partial charge is 0.0404 e. The highest BCUT2D eigenvalue weighted by molar-refractivity contribution is 8.06. The van der Waals surface area contributed by atoms with Crippen LogP contribution in [0, 0.1) is 5.92 Å². The molecule has 1 aliphatic carbocycles. The van der Waals surface area contributed by atoms with E-state index in [0.29, 0.717) is 6.04 Å². The van der Waals surface area contributed by atoms with Crippen LogP contribution in [0.3, 0.4) is 0 Å². The van der Waals surface area contributed by atoms with E-state index in [9.17, 15) is 0 Å². The van der Waals surface area contributed by atoms with Crippen molar-refractivity contribution in [2.24, 2.45) is 11.7 Å². The van der Waals surface area contributed by atoms with Gasteiger partial charge in [-0.05, 0) is 43.6 Å². The first-order chi connectivity index (χ1) is 6.66. The third-order valence-electron chi connectivity index (χ3n) is 2.96. The standard InChI is InChI=1S/C11H18N2S/c1-7(2)14-11-9(12)4-3-8-5-10(11)13-6-8/h8,10,13H,1,3-6,12H2,2H3. The van der Waals surface area contributed by atoms with Crippen molar-refractivity contribution in [3.8, 4) is 0 Å². The fourth-order valence-electron chi connectivity index (χ4n) is 2.26. The summed E-state index contributed by atoms with van der Waals surface area (Å²) < 4.78 is 0. The van der Waals surface area contributed by atoms with Crippen LogP contribution in [0.15, 0.2) is 22.1 Å². The molecule has 3 N–H and O–H groups in total. The number of hydrogen-bond acceptors (Lipinski definition) is 3. The molecule has 0 amide bonds. The lowest BCUT2D eigenvalue weighted by Gasteiger charge is -2.17. The molecule has 0 spiro atoms. The fourth-order valence-corrected chi connectivity index (χ4v) is 3.19. The first-order valence-electron chi connectivity index (χ1n) is 5.22. The zero-order valence-corrected chi connectivity index (χ0v) is 9.49. The van der Waals surface area contributed by atoms with Crippen LogP contribution >= 0.6 is 11.8 Å². The SMILES string of the molecule is C=C(C)SC1=C(N)CCC2CNC1C2. The molecule has 1 fully saturated rings. The number of hydrogen-bond donors (Lipinski definition) is 2. The molecule has 2 bridgehead atoms. The maximum Gasteiger partial charge on any atom is 0.0404 e. The fraction of sp³-hybridized carbons (Fsp3) is 0.636. The van der Waals surface area contributed by atoms with Crippen molar-refractivity contribution in [1.82, 2.24) is 5.32 Å². The summed E-state index contributed by atoms with van der Waals surface area (Å²) in [6.45, 7) is 7.15. The quantitative estimate of drug-likeness (QED) is 0.734. The summed E-state index contributed by atoms with van der Waals surface area (Å²) in [5.41, 5.74) is 7.17. The lowest BCUT2D eigenvalue weighted by molar-refractivity contribution is 0.533. The molecule has 0 saturated carbocycles. The van der Waals surface area contributed by atoms with Crippen LogP contribution in [-0.4, -0.2) is 12.6 Å². The second-order valence-corrected chi connectivity index (χ2v) is 5.64. The largest absolute Gasteiger partial charge is 0.401 e.